The zero-order chi connectivity index (χ0) is 18.2. The maximum atomic E-state index is 5.91. The molecule has 3 nitrogen and oxygen atoms in total. The van der Waals surface area contributed by atoms with Crippen LogP contribution in [0.2, 0.25) is 0 Å². The zero-order valence-corrected chi connectivity index (χ0v) is 15.3. The summed E-state index contributed by atoms with van der Waals surface area (Å²) in [6.45, 7) is 3.49. The molecule has 0 radical (unpaired) electrons. The lowest BCUT2D eigenvalue weighted by atomic mass is 10.1. The fraction of sp³-hybridized carbons (Fsp3) is 0.217. The summed E-state index contributed by atoms with van der Waals surface area (Å²) in [6, 6.07) is 26.7. The van der Waals surface area contributed by atoms with E-state index in [1.165, 1.54) is 11.1 Å². The molecule has 0 bridgehead atoms. The maximum Gasteiger partial charge on any atom is 0.123 e. The number of benzene rings is 3. The van der Waals surface area contributed by atoms with Gasteiger partial charge in [-0.15, -0.1) is 0 Å². The van der Waals surface area contributed by atoms with Crippen molar-refractivity contribution >= 4 is 0 Å². The second-order valence-corrected chi connectivity index (χ2v) is 6.27. The van der Waals surface area contributed by atoms with Crippen molar-refractivity contribution in [3.63, 3.8) is 0 Å². The van der Waals surface area contributed by atoms with Gasteiger partial charge in [-0.25, -0.2) is 0 Å². The van der Waals surface area contributed by atoms with Gasteiger partial charge in [-0.05, 0) is 36.2 Å². The first-order valence-corrected chi connectivity index (χ1v) is 8.88. The quantitative estimate of drug-likeness (QED) is 0.613. The topological polar surface area (TPSA) is 30.5 Å². The fourth-order valence-corrected chi connectivity index (χ4v) is 2.89. The van der Waals surface area contributed by atoms with Crippen LogP contribution < -0.4 is 14.8 Å². The van der Waals surface area contributed by atoms with Gasteiger partial charge in [0.2, 0.25) is 0 Å². The Morgan fingerprint density at radius 1 is 0.846 bits per heavy atom. The molecule has 0 heterocycles. The summed E-state index contributed by atoms with van der Waals surface area (Å²) in [4.78, 5) is 0. The van der Waals surface area contributed by atoms with Crippen LogP contribution in [0.25, 0.3) is 0 Å². The normalized spacial score (nSPS) is 11.8. The molecule has 0 fully saturated rings. The third-order valence-corrected chi connectivity index (χ3v) is 4.36. The van der Waals surface area contributed by atoms with E-state index < -0.39 is 0 Å². The molecule has 1 atom stereocenters. The summed E-state index contributed by atoms with van der Waals surface area (Å²) in [5, 5.41) is 3.56. The standard InChI is InChI=1S/C23H25NO2/c1-18(22-13-6-7-14-23(22)25-2)24-16-20-11-8-12-21(15-20)26-17-19-9-4-3-5-10-19/h3-15,18,24H,16-17H2,1-2H3. The highest BCUT2D eigenvalue weighted by molar-refractivity contribution is 5.36. The average Bonchev–Trinajstić information content (AvgIpc) is 2.71. The SMILES string of the molecule is COc1ccccc1C(C)NCc1cccc(OCc2ccccc2)c1. The predicted molar refractivity (Wildman–Crippen MR) is 105 cm³/mol. The minimum atomic E-state index is 0.194. The van der Waals surface area contributed by atoms with E-state index >= 15 is 0 Å². The molecular weight excluding hydrogens is 322 g/mol. The number of ether oxygens (including phenoxy) is 2. The number of nitrogens with one attached hydrogen (secondary N) is 1. The van der Waals surface area contributed by atoms with Crippen molar-refractivity contribution < 1.29 is 9.47 Å². The summed E-state index contributed by atoms with van der Waals surface area (Å²) >= 11 is 0. The highest BCUT2D eigenvalue weighted by atomic mass is 16.5. The molecular formula is C23H25NO2. The Bertz CT molecular complexity index is 817. The van der Waals surface area contributed by atoms with Gasteiger partial charge in [-0.1, -0.05) is 60.7 Å². The van der Waals surface area contributed by atoms with Crippen molar-refractivity contribution in [1.82, 2.24) is 5.32 Å². The van der Waals surface area contributed by atoms with Crippen molar-refractivity contribution in [2.75, 3.05) is 7.11 Å². The number of hydrogen-bond donors (Lipinski definition) is 1. The Kier molecular flexibility index (Phi) is 6.29. The Morgan fingerprint density at radius 2 is 1.58 bits per heavy atom. The van der Waals surface area contributed by atoms with E-state index in [2.05, 4.69) is 42.6 Å². The molecule has 1 N–H and O–H groups in total. The number of para-hydroxylation sites is 1. The lowest BCUT2D eigenvalue weighted by Gasteiger charge is -2.17. The summed E-state index contributed by atoms with van der Waals surface area (Å²) in [7, 11) is 1.71. The van der Waals surface area contributed by atoms with Crippen LogP contribution in [0.1, 0.15) is 29.7 Å². The van der Waals surface area contributed by atoms with E-state index in [4.69, 9.17) is 9.47 Å². The van der Waals surface area contributed by atoms with Gasteiger partial charge in [0.15, 0.2) is 0 Å². The molecule has 0 amide bonds. The Hall–Kier alpha value is -2.78. The van der Waals surface area contributed by atoms with Gasteiger partial charge in [-0.2, -0.15) is 0 Å². The molecule has 0 aromatic heterocycles. The molecule has 3 aromatic carbocycles. The van der Waals surface area contributed by atoms with Crippen LogP contribution in [0.15, 0.2) is 78.9 Å². The molecule has 0 saturated heterocycles. The van der Waals surface area contributed by atoms with Crippen LogP contribution in [-0.2, 0) is 13.2 Å². The molecule has 3 heteroatoms. The zero-order valence-electron chi connectivity index (χ0n) is 15.3. The molecule has 3 rings (SSSR count). The summed E-state index contributed by atoms with van der Waals surface area (Å²) in [5.41, 5.74) is 3.52. The van der Waals surface area contributed by atoms with Crippen LogP contribution in [0.5, 0.6) is 11.5 Å². The van der Waals surface area contributed by atoms with Crippen molar-refractivity contribution in [2.24, 2.45) is 0 Å². The first kappa shape index (κ1) is 18.0. The van der Waals surface area contributed by atoms with Crippen LogP contribution in [0.3, 0.4) is 0 Å². The minimum absolute atomic E-state index is 0.194. The number of hydrogen-bond acceptors (Lipinski definition) is 3. The molecule has 1 unspecified atom stereocenters. The third-order valence-electron chi connectivity index (χ3n) is 4.36. The average molecular weight is 347 g/mol. The second kappa shape index (κ2) is 9.07. The van der Waals surface area contributed by atoms with Crippen molar-refractivity contribution in [1.29, 1.82) is 0 Å². The van der Waals surface area contributed by atoms with E-state index in [0.717, 1.165) is 23.6 Å². The van der Waals surface area contributed by atoms with E-state index in [0.29, 0.717) is 6.61 Å². The lowest BCUT2D eigenvalue weighted by molar-refractivity contribution is 0.306. The first-order valence-electron chi connectivity index (χ1n) is 8.88. The maximum absolute atomic E-state index is 5.91. The molecule has 134 valence electrons. The fourth-order valence-electron chi connectivity index (χ4n) is 2.89. The van der Waals surface area contributed by atoms with Gasteiger partial charge in [0.05, 0.1) is 7.11 Å². The Balaban J connectivity index is 1.58. The minimum Gasteiger partial charge on any atom is -0.496 e. The molecule has 0 aliphatic heterocycles. The van der Waals surface area contributed by atoms with E-state index in [1.807, 2.05) is 48.5 Å². The molecule has 26 heavy (non-hydrogen) atoms. The molecule has 0 aliphatic rings. The summed E-state index contributed by atoms with van der Waals surface area (Å²) in [5.74, 6) is 1.80. The van der Waals surface area contributed by atoms with E-state index in [9.17, 15) is 0 Å². The second-order valence-electron chi connectivity index (χ2n) is 6.27. The number of methoxy groups -OCH3 is 1. The van der Waals surface area contributed by atoms with Gasteiger partial charge in [-0.3, -0.25) is 0 Å². The Morgan fingerprint density at radius 3 is 2.38 bits per heavy atom. The van der Waals surface area contributed by atoms with Crippen molar-refractivity contribution in [3.8, 4) is 11.5 Å². The highest BCUT2D eigenvalue weighted by Gasteiger charge is 2.10. The van der Waals surface area contributed by atoms with Gasteiger partial charge in [0.1, 0.15) is 18.1 Å². The van der Waals surface area contributed by atoms with E-state index in [-0.39, 0.29) is 6.04 Å². The van der Waals surface area contributed by atoms with Crippen LogP contribution >= 0.6 is 0 Å². The van der Waals surface area contributed by atoms with E-state index in [1.54, 1.807) is 7.11 Å². The third kappa shape index (κ3) is 4.87. The van der Waals surface area contributed by atoms with Crippen molar-refractivity contribution in [2.45, 2.75) is 26.1 Å². The molecule has 0 spiro atoms. The summed E-state index contributed by atoms with van der Waals surface area (Å²) in [6.07, 6.45) is 0. The monoisotopic (exact) mass is 347 g/mol. The van der Waals surface area contributed by atoms with Crippen LogP contribution in [0, 0.1) is 0 Å². The first-order chi connectivity index (χ1) is 12.8. The van der Waals surface area contributed by atoms with Gasteiger partial charge < -0.3 is 14.8 Å². The molecule has 0 saturated carbocycles. The molecule has 0 aliphatic carbocycles. The Labute approximate surface area is 155 Å². The molecule has 3 aromatic rings. The van der Waals surface area contributed by atoms with Crippen molar-refractivity contribution in [3.05, 3.63) is 95.6 Å². The predicted octanol–water partition coefficient (Wildman–Crippen LogP) is 5.13. The van der Waals surface area contributed by atoms with Gasteiger partial charge in [0.25, 0.3) is 0 Å². The smallest absolute Gasteiger partial charge is 0.123 e. The number of rotatable bonds is 8. The largest absolute Gasteiger partial charge is 0.496 e. The van der Waals surface area contributed by atoms with Crippen LogP contribution in [-0.4, -0.2) is 7.11 Å². The highest BCUT2D eigenvalue weighted by Crippen LogP contribution is 2.25. The van der Waals surface area contributed by atoms with Crippen LogP contribution in [0.4, 0.5) is 0 Å². The summed E-state index contributed by atoms with van der Waals surface area (Å²) < 4.78 is 11.4. The van der Waals surface area contributed by atoms with Gasteiger partial charge >= 0.3 is 0 Å². The van der Waals surface area contributed by atoms with Gasteiger partial charge in [0, 0.05) is 18.2 Å². The lowest BCUT2D eigenvalue weighted by Crippen LogP contribution is -2.18.